The van der Waals surface area contributed by atoms with E-state index in [2.05, 4.69) is 15.4 Å². The number of methoxy groups -OCH3 is 1. The molecule has 0 spiro atoms. The summed E-state index contributed by atoms with van der Waals surface area (Å²) in [6, 6.07) is 4.85. The van der Waals surface area contributed by atoms with Crippen molar-refractivity contribution in [3.05, 3.63) is 35.9 Å². The number of nitrogens with one attached hydrogen (secondary N) is 1. The number of fused-ring (bicyclic) bond motifs is 3. The van der Waals surface area contributed by atoms with E-state index in [1.807, 2.05) is 12.1 Å². The number of nitrogens with two attached hydrogens (primary N) is 1. The Hall–Kier alpha value is -2.71. The Morgan fingerprint density at radius 3 is 2.53 bits per heavy atom. The quantitative estimate of drug-likeness (QED) is 0.608. The number of aromatic nitrogens is 4. The molecule has 0 aliphatic carbocycles. The normalized spacial score (nSPS) is 23.8. The Bertz CT molecular complexity index is 1070. The average molecular weight is 409 g/mol. The Labute approximate surface area is 175 Å². The van der Waals surface area contributed by atoms with Gasteiger partial charge in [0.15, 0.2) is 17.2 Å². The van der Waals surface area contributed by atoms with Gasteiger partial charge in [-0.1, -0.05) is 6.07 Å². The van der Waals surface area contributed by atoms with E-state index in [9.17, 15) is 5.11 Å². The zero-order chi connectivity index (χ0) is 21.0. The fourth-order valence-electron chi connectivity index (χ4n) is 4.90. The highest BCUT2D eigenvalue weighted by atomic mass is 16.5. The standard InChI is InChI=1S/C22H28N6O2/c1-22(2,29)17-7-4-12(10-24-17)16-11-25-28-20(23)19(30-3)18(27-21(16)28)13-8-14-5-6-15(9-13)26-14/h4,7,10-11,13-15,26,29H,5-6,8-9,23H2,1-3H3. The average Bonchev–Trinajstić information content (AvgIpc) is 3.30. The van der Waals surface area contributed by atoms with Crippen molar-refractivity contribution in [3.63, 3.8) is 0 Å². The van der Waals surface area contributed by atoms with E-state index < -0.39 is 5.60 Å². The summed E-state index contributed by atoms with van der Waals surface area (Å²) in [6.45, 7) is 3.44. The molecule has 0 amide bonds. The molecule has 8 heteroatoms. The molecule has 0 saturated carbocycles. The lowest BCUT2D eigenvalue weighted by atomic mass is 9.89. The summed E-state index contributed by atoms with van der Waals surface area (Å²) < 4.78 is 7.32. The van der Waals surface area contributed by atoms with Gasteiger partial charge in [0.25, 0.3) is 0 Å². The van der Waals surface area contributed by atoms with E-state index >= 15 is 0 Å². The number of pyridine rings is 1. The summed E-state index contributed by atoms with van der Waals surface area (Å²) in [5.74, 6) is 1.40. The molecule has 0 aromatic carbocycles. The molecule has 2 fully saturated rings. The van der Waals surface area contributed by atoms with Gasteiger partial charge in [-0.05, 0) is 45.6 Å². The van der Waals surface area contributed by atoms with Crippen molar-refractivity contribution in [3.8, 4) is 16.9 Å². The first-order chi connectivity index (χ1) is 14.3. The van der Waals surface area contributed by atoms with Crippen LogP contribution in [0.15, 0.2) is 24.5 Å². The van der Waals surface area contributed by atoms with E-state index in [0.29, 0.717) is 40.9 Å². The lowest BCUT2D eigenvalue weighted by Crippen LogP contribution is -2.37. The fourth-order valence-corrected chi connectivity index (χ4v) is 4.90. The van der Waals surface area contributed by atoms with Crippen LogP contribution in [-0.2, 0) is 5.60 Å². The minimum atomic E-state index is -0.989. The Balaban J connectivity index is 1.61. The van der Waals surface area contributed by atoms with Crippen LogP contribution >= 0.6 is 0 Å². The lowest BCUT2D eigenvalue weighted by molar-refractivity contribution is 0.0739. The molecule has 2 aliphatic rings. The van der Waals surface area contributed by atoms with Crippen molar-refractivity contribution in [1.29, 1.82) is 0 Å². The van der Waals surface area contributed by atoms with Gasteiger partial charge in [0.2, 0.25) is 0 Å². The van der Waals surface area contributed by atoms with Crippen molar-refractivity contribution in [2.75, 3.05) is 12.8 Å². The number of anilines is 1. The molecule has 8 nitrogen and oxygen atoms in total. The number of nitrogens with zero attached hydrogens (tertiary/aromatic N) is 4. The van der Waals surface area contributed by atoms with Crippen LogP contribution in [0.25, 0.3) is 16.8 Å². The zero-order valence-corrected chi connectivity index (χ0v) is 17.6. The Kier molecular flexibility index (Phi) is 4.44. The first-order valence-corrected chi connectivity index (χ1v) is 10.5. The molecule has 5 rings (SSSR count). The predicted octanol–water partition coefficient (Wildman–Crippen LogP) is 2.61. The van der Waals surface area contributed by atoms with Gasteiger partial charge >= 0.3 is 0 Å². The van der Waals surface area contributed by atoms with Crippen LogP contribution in [0, 0.1) is 0 Å². The first-order valence-electron chi connectivity index (χ1n) is 10.5. The number of ether oxygens (including phenoxy) is 1. The molecule has 4 N–H and O–H groups in total. The van der Waals surface area contributed by atoms with Crippen molar-refractivity contribution < 1.29 is 9.84 Å². The minimum absolute atomic E-state index is 0.310. The van der Waals surface area contributed by atoms with E-state index in [0.717, 1.165) is 29.7 Å². The highest BCUT2D eigenvalue weighted by Gasteiger charge is 2.37. The molecular formula is C22H28N6O2. The highest BCUT2D eigenvalue weighted by molar-refractivity contribution is 5.78. The number of piperidine rings is 1. The maximum Gasteiger partial charge on any atom is 0.182 e. The maximum absolute atomic E-state index is 10.2. The van der Waals surface area contributed by atoms with Crippen molar-refractivity contribution in [2.45, 2.75) is 63.1 Å². The van der Waals surface area contributed by atoms with Gasteiger partial charge in [0, 0.05) is 35.3 Å². The maximum atomic E-state index is 10.2. The highest BCUT2D eigenvalue weighted by Crippen LogP contribution is 2.42. The van der Waals surface area contributed by atoms with Gasteiger partial charge in [-0.25, -0.2) is 4.98 Å². The molecule has 30 heavy (non-hydrogen) atoms. The van der Waals surface area contributed by atoms with Crippen molar-refractivity contribution in [1.82, 2.24) is 24.9 Å². The second kappa shape index (κ2) is 6.92. The van der Waals surface area contributed by atoms with Crippen LogP contribution in [0.1, 0.15) is 56.8 Å². The third kappa shape index (κ3) is 3.11. The molecule has 2 saturated heterocycles. The molecule has 2 atom stereocenters. The molecule has 158 valence electrons. The molecule has 3 aromatic heterocycles. The van der Waals surface area contributed by atoms with Crippen molar-refractivity contribution in [2.24, 2.45) is 0 Å². The topological polar surface area (TPSA) is 111 Å². The SMILES string of the molecule is COc1c(C2CC3CCC(C2)N3)nc2c(-c3ccc(C(C)(C)O)nc3)cnn2c1N. The second-order valence-corrected chi connectivity index (χ2v) is 9.01. The fraction of sp³-hybridized carbons (Fsp3) is 0.500. The first kappa shape index (κ1) is 19.3. The van der Waals surface area contributed by atoms with Crippen LogP contribution in [0.4, 0.5) is 5.82 Å². The van der Waals surface area contributed by atoms with Crippen LogP contribution in [0.5, 0.6) is 5.75 Å². The number of hydrogen-bond donors (Lipinski definition) is 3. The van der Waals surface area contributed by atoms with Crippen LogP contribution < -0.4 is 15.8 Å². The Morgan fingerprint density at radius 1 is 1.20 bits per heavy atom. The number of hydrogen-bond acceptors (Lipinski definition) is 7. The summed E-state index contributed by atoms with van der Waals surface area (Å²) >= 11 is 0. The van der Waals surface area contributed by atoms with E-state index in [-0.39, 0.29) is 0 Å². The van der Waals surface area contributed by atoms with E-state index in [4.69, 9.17) is 15.5 Å². The summed E-state index contributed by atoms with van der Waals surface area (Å²) in [5.41, 5.74) is 9.45. The van der Waals surface area contributed by atoms with Gasteiger partial charge in [-0.2, -0.15) is 9.61 Å². The largest absolute Gasteiger partial charge is 0.491 e. The van der Waals surface area contributed by atoms with E-state index in [1.165, 1.54) is 12.8 Å². The van der Waals surface area contributed by atoms with Gasteiger partial charge in [-0.15, -0.1) is 0 Å². The molecule has 2 unspecified atom stereocenters. The third-order valence-corrected chi connectivity index (χ3v) is 6.43. The molecule has 3 aromatic rings. The second-order valence-electron chi connectivity index (χ2n) is 9.01. The summed E-state index contributed by atoms with van der Waals surface area (Å²) in [6.07, 6.45) is 8.03. The van der Waals surface area contributed by atoms with E-state index in [1.54, 1.807) is 37.9 Å². The minimum Gasteiger partial charge on any atom is -0.491 e. The van der Waals surface area contributed by atoms with Gasteiger partial charge < -0.3 is 20.9 Å². The summed E-state index contributed by atoms with van der Waals surface area (Å²) in [4.78, 5) is 9.46. The summed E-state index contributed by atoms with van der Waals surface area (Å²) in [7, 11) is 1.64. The van der Waals surface area contributed by atoms with Crippen molar-refractivity contribution >= 4 is 11.5 Å². The van der Waals surface area contributed by atoms with Gasteiger partial charge in [-0.3, -0.25) is 4.98 Å². The van der Waals surface area contributed by atoms with Gasteiger partial charge in [0.1, 0.15) is 5.60 Å². The number of aliphatic hydroxyl groups is 1. The molecule has 2 aliphatic heterocycles. The zero-order valence-electron chi connectivity index (χ0n) is 17.6. The van der Waals surface area contributed by atoms with Gasteiger partial charge in [0.05, 0.1) is 24.7 Å². The molecule has 5 heterocycles. The van der Waals surface area contributed by atoms with Crippen LogP contribution in [-0.4, -0.2) is 43.9 Å². The van der Waals surface area contributed by atoms with Crippen LogP contribution in [0.2, 0.25) is 0 Å². The predicted molar refractivity (Wildman–Crippen MR) is 114 cm³/mol. The number of nitrogen functional groups attached to an aromatic ring is 1. The molecule has 2 bridgehead atoms. The van der Waals surface area contributed by atoms with Crippen LogP contribution in [0.3, 0.4) is 0 Å². The molecule has 0 radical (unpaired) electrons. The lowest BCUT2D eigenvalue weighted by Gasteiger charge is -2.29. The smallest absolute Gasteiger partial charge is 0.182 e. The monoisotopic (exact) mass is 408 g/mol. The molecular weight excluding hydrogens is 380 g/mol. The number of rotatable bonds is 4. The Morgan fingerprint density at radius 2 is 1.93 bits per heavy atom. The summed E-state index contributed by atoms with van der Waals surface area (Å²) in [5, 5.41) is 18.3. The third-order valence-electron chi connectivity index (χ3n) is 6.43.